The summed E-state index contributed by atoms with van der Waals surface area (Å²) in [4.78, 5) is 11.1. The van der Waals surface area contributed by atoms with Gasteiger partial charge in [0.05, 0.1) is 0 Å². The quantitative estimate of drug-likeness (QED) is 0.752. The molecule has 0 aliphatic heterocycles. The van der Waals surface area contributed by atoms with E-state index < -0.39 is 11.5 Å². The summed E-state index contributed by atoms with van der Waals surface area (Å²) in [6.45, 7) is 1.69. The second kappa shape index (κ2) is 5.19. The van der Waals surface area contributed by atoms with Crippen LogP contribution in [0.1, 0.15) is 12.5 Å². The fraction of sp³-hybridized carbons (Fsp3) is 0.364. The topological polar surface area (TPSA) is 49.3 Å². The Labute approximate surface area is 94.0 Å². The molecule has 0 saturated heterocycles. The van der Waals surface area contributed by atoms with E-state index in [9.17, 15) is 4.79 Å². The molecule has 1 rings (SSSR count). The van der Waals surface area contributed by atoms with E-state index in [-0.39, 0.29) is 0 Å². The van der Waals surface area contributed by atoms with Crippen molar-refractivity contribution in [3.8, 4) is 0 Å². The molecule has 4 heteroatoms. The van der Waals surface area contributed by atoms with Gasteiger partial charge in [-0.2, -0.15) is 0 Å². The van der Waals surface area contributed by atoms with Gasteiger partial charge in [-0.25, -0.2) is 4.72 Å². The summed E-state index contributed by atoms with van der Waals surface area (Å²) in [6.07, 6.45) is 2.30. The van der Waals surface area contributed by atoms with Gasteiger partial charge in [0, 0.05) is 6.42 Å². The van der Waals surface area contributed by atoms with Gasteiger partial charge < -0.3 is 5.11 Å². The normalized spacial score (nSPS) is 14.5. The minimum atomic E-state index is -0.916. The molecule has 1 aromatic carbocycles. The van der Waals surface area contributed by atoms with Crippen LogP contribution in [0.15, 0.2) is 30.3 Å². The molecule has 0 aromatic heterocycles. The third-order valence-corrected chi connectivity index (χ3v) is 2.85. The Bertz CT molecular complexity index is 329. The second-order valence-corrected chi connectivity index (χ2v) is 4.22. The maximum atomic E-state index is 11.1. The monoisotopic (exact) mass is 225 g/mol. The smallest absolute Gasteiger partial charge is 0.324 e. The van der Waals surface area contributed by atoms with Crippen LogP contribution in [0, 0.1) is 0 Å². The number of hydrogen-bond donors (Lipinski definition) is 2. The molecule has 1 aromatic rings. The van der Waals surface area contributed by atoms with Crippen LogP contribution in [0.2, 0.25) is 0 Å². The van der Waals surface area contributed by atoms with Crippen LogP contribution in [0.3, 0.4) is 0 Å². The van der Waals surface area contributed by atoms with Crippen LogP contribution in [0.4, 0.5) is 0 Å². The molecule has 0 amide bonds. The third-order valence-electron chi connectivity index (χ3n) is 2.20. The zero-order valence-corrected chi connectivity index (χ0v) is 9.67. The second-order valence-electron chi connectivity index (χ2n) is 3.61. The summed E-state index contributed by atoms with van der Waals surface area (Å²) in [5.74, 6) is -0.833. The van der Waals surface area contributed by atoms with Crippen LogP contribution >= 0.6 is 11.9 Å². The van der Waals surface area contributed by atoms with E-state index in [1.54, 1.807) is 6.92 Å². The average molecular weight is 225 g/mol. The number of rotatable bonds is 5. The first-order valence-corrected chi connectivity index (χ1v) is 5.88. The minimum absolute atomic E-state index is 0.476. The lowest BCUT2D eigenvalue weighted by atomic mass is 9.94. The average Bonchev–Trinajstić information content (AvgIpc) is 2.19. The summed E-state index contributed by atoms with van der Waals surface area (Å²) in [5.41, 5.74) is 0.102. The molecular formula is C11H15NO2S. The van der Waals surface area contributed by atoms with E-state index in [1.165, 1.54) is 11.9 Å². The fourth-order valence-corrected chi connectivity index (χ4v) is 1.99. The summed E-state index contributed by atoms with van der Waals surface area (Å²) in [7, 11) is 0. The molecule has 0 heterocycles. The molecule has 3 nitrogen and oxygen atoms in total. The van der Waals surface area contributed by atoms with Gasteiger partial charge in [0.2, 0.25) is 0 Å². The molecule has 0 radical (unpaired) electrons. The van der Waals surface area contributed by atoms with E-state index in [4.69, 9.17) is 5.11 Å². The number of aliphatic carboxylic acids is 1. The SMILES string of the molecule is CSN[C@@](C)(Cc1ccccc1)C(=O)O. The lowest BCUT2D eigenvalue weighted by Gasteiger charge is -2.24. The molecule has 0 spiro atoms. The Morgan fingerprint density at radius 3 is 2.53 bits per heavy atom. The van der Waals surface area contributed by atoms with Gasteiger partial charge in [0.25, 0.3) is 0 Å². The van der Waals surface area contributed by atoms with Gasteiger partial charge in [-0.05, 0) is 18.7 Å². The van der Waals surface area contributed by atoms with Crippen LogP contribution in [-0.4, -0.2) is 22.9 Å². The lowest BCUT2D eigenvalue weighted by Crippen LogP contribution is -2.48. The first-order valence-electron chi connectivity index (χ1n) is 4.66. The van der Waals surface area contributed by atoms with E-state index in [0.29, 0.717) is 6.42 Å². The Morgan fingerprint density at radius 2 is 2.07 bits per heavy atom. The van der Waals surface area contributed by atoms with Crippen molar-refractivity contribution >= 4 is 17.9 Å². The zero-order valence-electron chi connectivity index (χ0n) is 8.86. The Hall–Kier alpha value is -1.00. The molecule has 15 heavy (non-hydrogen) atoms. The van der Waals surface area contributed by atoms with Gasteiger partial charge in [-0.1, -0.05) is 42.3 Å². The highest BCUT2D eigenvalue weighted by Gasteiger charge is 2.32. The summed E-state index contributed by atoms with van der Waals surface area (Å²) >= 11 is 1.33. The number of hydrogen-bond acceptors (Lipinski definition) is 3. The molecule has 0 fully saturated rings. The highest BCUT2D eigenvalue weighted by molar-refractivity contribution is 7.96. The first kappa shape index (κ1) is 12.1. The van der Waals surface area contributed by atoms with Crippen molar-refractivity contribution in [1.82, 2.24) is 4.72 Å². The molecule has 0 saturated carbocycles. The third kappa shape index (κ3) is 3.25. The van der Waals surface area contributed by atoms with E-state index in [2.05, 4.69) is 4.72 Å². The van der Waals surface area contributed by atoms with Gasteiger partial charge in [0.15, 0.2) is 0 Å². The predicted molar refractivity (Wildman–Crippen MR) is 62.8 cm³/mol. The van der Waals surface area contributed by atoms with Crippen LogP contribution in [-0.2, 0) is 11.2 Å². The number of carboxylic acids is 1. The standard InChI is InChI=1S/C11H15NO2S/c1-11(10(13)14,12-15-2)8-9-6-4-3-5-7-9/h3-7,12H,8H2,1-2H3,(H,13,14)/t11-/m0/s1. The largest absolute Gasteiger partial charge is 0.480 e. The highest BCUT2D eigenvalue weighted by atomic mass is 32.2. The molecule has 82 valence electrons. The van der Waals surface area contributed by atoms with Crippen molar-refractivity contribution in [1.29, 1.82) is 0 Å². The van der Waals surface area contributed by atoms with Crippen molar-refractivity contribution in [2.45, 2.75) is 18.9 Å². The maximum Gasteiger partial charge on any atom is 0.324 e. The van der Waals surface area contributed by atoms with E-state index >= 15 is 0 Å². The molecule has 0 bridgehead atoms. The van der Waals surface area contributed by atoms with Crippen molar-refractivity contribution in [3.05, 3.63) is 35.9 Å². The number of nitrogens with one attached hydrogen (secondary N) is 1. The van der Waals surface area contributed by atoms with Crippen molar-refractivity contribution in [3.63, 3.8) is 0 Å². The molecule has 0 aliphatic carbocycles. The lowest BCUT2D eigenvalue weighted by molar-refractivity contribution is -0.143. The Kier molecular flexibility index (Phi) is 4.17. The van der Waals surface area contributed by atoms with E-state index in [0.717, 1.165) is 5.56 Å². The molecule has 0 unspecified atom stereocenters. The molecule has 1 atom stereocenters. The molecule has 0 aliphatic rings. The Morgan fingerprint density at radius 1 is 1.47 bits per heavy atom. The fourth-order valence-electron chi connectivity index (χ4n) is 1.38. The van der Waals surface area contributed by atoms with Gasteiger partial charge in [0.1, 0.15) is 5.54 Å². The Balaban J connectivity index is 2.80. The van der Waals surface area contributed by atoms with Crippen LogP contribution in [0.25, 0.3) is 0 Å². The minimum Gasteiger partial charge on any atom is -0.480 e. The van der Waals surface area contributed by atoms with Crippen molar-refractivity contribution in [2.24, 2.45) is 0 Å². The van der Waals surface area contributed by atoms with Crippen LogP contribution in [0.5, 0.6) is 0 Å². The maximum absolute atomic E-state index is 11.1. The van der Waals surface area contributed by atoms with Gasteiger partial charge >= 0.3 is 5.97 Å². The molecule has 2 N–H and O–H groups in total. The number of carboxylic acid groups (broad SMARTS) is 1. The van der Waals surface area contributed by atoms with Gasteiger partial charge in [-0.3, -0.25) is 4.79 Å². The number of benzene rings is 1. The zero-order chi connectivity index (χ0) is 11.3. The van der Waals surface area contributed by atoms with Gasteiger partial charge in [-0.15, -0.1) is 0 Å². The summed E-state index contributed by atoms with van der Waals surface area (Å²) in [5, 5.41) is 9.15. The highest BCUT2D eigenvalue weighted by Crippen LogP contribution is 2.15. The summed E-state index contributed by atoms with van der Waals surface area (Å²) < 4.78 is 2.92. The van der Waals surface area contributed by atoms with Crippen molar-refractivity contribution in [2.75, 3.05) is 6.26 Å². The predicted octanol–water partition coefficient (Wildman–Crippen LogP) is 1.94. The number of carbonyl (C=O) groups is 1. The molecular weight excluding hydrogens is 210 g/mol. The van der Waals surface area contributed by atoms with Crippen molar-refractivity contribution < 1.29 is 9.90 Å². The van der Waals surface area contributed by atoms with E-state index in [1.807, 2.05) is 36.6 Å². The van der Waals surface area contributed by atoms with Crippen LogP contribution < -0.4 is 4.72 Å². The summed E-state index contributed by atoms with van der Waals surface area (Å²) in [6, 6.07) is 9.61. The first-order chi connectivity index (χ1) is 7.08.